The topological polar surface area (TPSA) is 61.9 Å². The fourth-order valence-corrected chi connectivity index (χ4v) is 4.48. The number of carbonyl (C=O) groups is 2. The molecule has 28 heavy (non-hydrogen) atoms. The van der Waals surface area contributed by atoms with Gasteiger partial charge in [0.15, 0.2) is 0 Å². The number of amides is 2. The first-order valence-corrected chi connectivity index (χ1v) is 10.5. The number of ether oxygens (including phenoxy) is 1. The van der Waals surface area contributed by atoms with E-state index in [9.17, 15) is 9.59 Å². The van der Waals surface area contributed by atoms with Gasteiger partial charge in [0, 0.05) is 18.8 Å². The highest BCUT2D eigenvalue weighted by Crippen LogP contribution is 2.36. The van der Waals surface area contributed by atoms with Crippen molar-refractivity contribution >= 4 is 17.5 Å². The van der Waals surface area contributed by atoms with Gasteiger partial charge in [-0.05, 0) is 55.5 Å². The van der Waals surface area contributed by atoms with Crippen molar-refractivity contribution in [3.63, 3.8) is 0 Å². The van der Waals surface area contributed by atoms with E-state index in [4.69, 9.17) is 4.74 Å². The van der Waals surface area contributed by atoms with Crippen LogP contribution in [0.15, 0.2) is 24.3 Å². The molecule has 2 amide bonds. The molecule has 1 heterocycles. The van der Waals surface area contributed by atoms with Gasteiger partial charge in [0.05, 0.1) is 20.2 Å². The van der Waals surface area contributed by atoms with Gasteiger partial charge < -0.3 is 15.0 Å². The number of hydrogen-bond acceptors (Lipinski definition) is 4. The van der Waals surface area contributed by atoms with E-state index in [2.05, 4.69) is 5.32 Å². The Bertz CT molecular complexity index is 661. The highest BCUT2D eigenvalue weighted by Gasteiger charge is 2.33. The largest absolute Gasteiger partial charge is 0.497 e. The van der Waals surface area contributed by atoms with Gasteiger partial charge >= 0.3 is 0 Å². The van der Waals surface area contributed by atoms with Crippen LogP contribution in [-0.2, 0) is 9.59 Å². The number of likely N-dealkylation sites (tertiary alicyclic amines) is 1. The molecule has 6 nitrogen and oxygen atoms in total. The summed E-state index contributed by atoms with van der Waals surface area (Å²) in [7, 11) is 1.61. The first kappa shape index (κ1) is 20.6. The van der Waals surface area contributed by atoms with E-state index in [1.807, 2.05) is 41.0 Å². The van der Waals surface area contributed by atoms with Crippen LogP contribution in [0, 0.1) is 11.8 Å². The second-order valence-electron chi connectivity index (χ2n) is 8.01. The number of hydrogen-bond donors (Lipinski definition) is 1. The van der Waals surface area contributed by atoms with Crippen molar-refractivity contribution < 1.29 is 14.3 Å². The van der Waals surface area contributed by atoms with Crippen LogP contribution in [-0.4, -0.2) is 61.4 Å². The van der Waals surface area contributed by atoms with Gasteiger partial charge in [0.2, 0.25) is 11.8 Å². The molecule has 2 atom stereocenters. The van der Waals surface area contributed by atoms with E-state index >= 15 is 0 Å². The number of piperidine rings is 1. The summed E-state index contributed by atoms with van der Waals surface area (Å²) in [5.74, 6) is 2.30. The maximum Gasteiger partial charge on any atom is 0.238 e. The van der Waals surface area contributed by atoms with Crippen molar-refractivity contribution in [1.29, 1.82) is 0 Å². The molecule has 0 spiro atoms. The number of carbonyl (C=O) groups excluding carboxylic acids is 2. The van der Waals surface area contributed by atoms with Gasteiger partial charge in [-0.25, -0.2) is 0 Å². The van der Waals surface area contributed by atoms with Gasteiger partial charge in [-0.15, -0.1) is 0 Å². The normalized spacial score (nSPS) is 21.9. The van der Waals surface area contributed by atoms with E-state index in [1.54, 1.807) is 7.11 Å². The second kappa shape index (κ2) is 9.92. The number of nitrogens with one attached hydrogen (secondary N) is 1. The average Bonchev–Trinajstić information content (AvgIpc) is 2.73. The van der Waals surface area contributed by atoms with Gasteiger partial charge in [-0.1, -0.05) is 26.2 Å². The van der Waals surface area contributed by atoms with Gasteiger partial charge in [-0.2, -0.15) is 0 Å². The Morgan fingerprint density at radius 1 is 1.11 bits per heavy atom. The van der Waals surface area contributed by atoms with Crippen molar-refractivity contribution in [2.75, 3.05) is 45.2 Å². The Balaban J connectivity index is 1.47. The van der Waals surface area contributed by atoms with Crippen molar-refractivity contribution in [2.24, 2.45) is 11.8 Å². The van der Waals surface area contributed by atoms with Crippen molar-refractivity contribution in [1.82, 2.24) is 9.80 Å². The van der Waals surface area contributed by atoms with Crippen LogP contribution in [0.5, 0.6) is 5.75 Å². The summed E-state index contributed by atoms with van der Waals surface area (Å²) in [4.78, 5) is 29.1. The number of fused-ring (bicyclic) bond motifs is 1. The predicted molar refractivity (Wildman–Crippen MR) is 110 cm³/mol. The molecular formula is C22H33N3O3. The molecule has 0 unspecified atom stereocenters. The van der Waals surface area contributed by atoms with Crippen molar-refractivity contribution in [3.05, 3.63) is 24.3 Å². The number of nitrogens with zero attached hydrogens (tertiary/aromatic N) is 2. The zero-order valence-electron chi connectivity index (χ0n) is 17.2. The standard InChI is InChI=1S/C22H33N3O3/c1-3-24(15-21(26)23-19-8-10-20(28-2)11-9-19)16-22(27)25-13-12-17-6-4-5-7-18(17)14-25/h8-11,17-18H,3-7,12-16H2,1-2H3,(H,23,26)/t17-,18-/m1/s1. The van der Waals surface area contributed by atoms with Crippen LogP contribution >= 0.6 is 0 Å². The zero-order valence-corrected chi connectivity index (χ0v) is 17.2. The quantitative estimate of drug-likeness (QED) is 0.781. The highest BCUT2D eigenvalue weighted by molar-refractivity contribution is 5.92. The van der Waals surface area contributed by atoms with Crippen LogP contribution in [0.3, 0.4) is 0 Å². The van der Waals surface area contributed by atoms with Gasteiger partial charge in [0.25, 0.3) is 0 Å². The van der Waals surface area contributed by atoms with Crippen LogP contribution in [0.2, 0.25) is 0 Å². The van der Waals surface area contributed by atoms with Crippen LogP contribution < -0.4 is 10.1 Å². The summed E-state index contributed by atoms with van der Waals surface area (Å²) in [5.41, 5.74) is 0.729. The molecule has 1 saturated heterocycles. The Morgan fingerprint density at radius 3 is 2.50 bits per heavy atom. The minimum Gasteiger partial charge on any atom is -0.497 e. The molecule has 2 aliphatic rings. The third-order valence-electron chi connectivity index (χ3n) is 6.19. The molecular weight excluding hydrogens is 354 g/mol. The van der Waals surface area contributed by atoms with Crippen molar-refractivity contribution in [2.45, 2.75) is 39.0 Å². The number of benzene rings is 1. The first-order chi connectivity index (χ1) is 13.6. The number of methoxy groups -OCH3 is 1. The van der Waals surface area contributed by atoms with Crippen LogP contribution in [0.4, 0.5) is 5.69 Å². The van der Waals surface area contributed by atoms with Gasteiger partial charge in [0.1, 0.15) is 5.75 Å². The van der Waals surface area contributed by atoms with Gasteiger partial charge in [-0.3, -0.25) is 14.5 Å². The predicted octanol–water partition coefficient (Wildman–Crippen LogP) is 2.99. The van der Waals surface area contributed by atoms with E-state index in [1.165, 1.54) is 25.7 Å². The van der Waals surface area contributed by atoms with Crippen molar-refractivity contribution in [3.8, 4) is 5.75 Å². The molecule has 6 heteroatoms. The Hall–Kier alpha value is -2.08. The van der Waals surface area contributed by atoms with Crippen LogP contribution in [0.25, 0.3) is 0 Å². The number of rotatable bonds is 7. The fraction of sp³-hybridized carbons (Fsp3) is 0.636. The second-order valence-corrected chi connectivity index (χ2v) is 8.01. The molecule has 154 valence electrons. The lowest BCUT2D eigenvalue weighted by Crippen LogP contribution is -2.49. The molecule has 2 fully saturated rings. The Kier molecular flexibility index (Phi) is 7.31. The minimum atomic E-state index is -0.106. The summed E-state index contributed by atoms with van der Waals surface area (Å²) in [6, 6.07) is 7.25. The summed E-state index contributed by atoms with van der Waals surface area (Å²) >= 11 is 0. The molecule has 1 aromatic rings. The molecule has 0 bridgehead atoms. The summed E-state index contributed by atoms with van der Waals surface area (Å²) in [6.07, 6.45) is 6.38. The lowest BCUT2D eigenvalue weighted by Gasteiger charge is -2.41. The summed E-state index contributed by atoms with van der Waals surface area (Å²) in [6.45, 7) is 4.95. The van der Waals surface area contributed by atoms with E-state index in [0.717, 1.165) is 36.9 Å². The summed E-state index contributed by atoms with van der Waals surface area (Å²) in [5, 5.41) is 2.89. The highest BCUT2D eigenvalue weighted by atomic mass is 16.5. The molecule has 1 aromatic carbocycles. The molecule has 1 aliphatic heterocycles. The third-order valence-corrected chi connectivity index (χ3v) is 6.19. The number of anilines is 1. The lowest BCUT2D eigenvalue weighted by atomic mass is 9.75. The molecule has 1 N–H and O–H groups in total. The maximum absolute atomic E-state index is 12.8. The molecule has 1 saturated carbocycles. The molecule has 3 rings (SSSR count). The van der Waals surface area contributed by atoms with E-state index < -0.39 is 0 Å². The van der Waals surface area contributed by atoms with E-state index in [0.29, 0.717) is 19.0 Å². The molecule has 0 radical (unpaired) electrons. The average molecular weight is 388 g/mol. The zero-order chi connectivity index (χ0) is 19.9. The first-order valence-electron chi connectivity index (χ1n) is 10.5. The SMILES string of the molecule is CCN(CC(=O)Nc1ccc(OC)cc1)CC(=O)N1CC[C@H]2CCCC[C@@H]2C1. The smallest absolute Gasteiger partial charge is 0.238 e. The molecule has 1 aliphatic carbocycles. The minimum absolute atomic E-state index is 0.106. The monoisotopic (exact) mass is 387 g/mol. The molecule has 0 aromatic heterocycles. The maximum atomic E-state index is 12.8. The summed E-state index contributed by atoms with van der Waals surface area (Å²) < 4.78 is 5.13. The lowest BCUT2D eigenvalue weighted by molar-refractivity contribution is -0.135. The Labute approximate surface area is 168 Å². The third kappa shape index (κ3) is 5.47. The fourth-order valence-electron chi connectivity index (χ4n) is 4.48. The van der Waals surface area contributed by atoms with Crippen LogP contribution in [0.1, 0.15) is 39.0 Å². The Morgan fingerprint density at radius 2 is 1.82 bits per heavy atom. The van der Waals surface area contributed by atoms with E-state index in [-0.39, 0.29) is 18.4 Å². The number of likely N-dealkylation sites (N-methyl/N-ethyl adjacent to an activating group) is 1.